The minimum Gasteiger partial charge on any atom is -0.454 e. The van der Waals surface area contributed by atoms with Crippen molar-refractivity contribution in [1.82, 2.24) is 15.5 Å². The molecule has 0 atom stereocenters. The summed E-state index contributed by atoms with van der Waals surface area (Å²) in [6.45, 7) is 0.581. The van der Waals surface area contributed by atoms with Crippen molar-refractivity contribution in [2.45, 2.75) is 6.54 Å². The van der Waals surface area contributed by atoms with Gasteiger partial charge in [0.05, 0.1) is 0 Å². The standard InChI is InChI=1S/C17H13N3O4/c21-15(18-9-11-4-2-1-3-5-11)17-20-19-16(24-17)12-6-7-13-14(8-12)23-10-22-13/h1-8H,9-10H2,(H,18,21). The highest BCUT2D eigenvalue weighted by Gasteiger charge is 2.19. The Bertz CT molecular complexity index is 877. The molecule has 1 amide bonds. The number of carbonyl (C=O) groups is 1. The number of rotatable bonds is 4. The third-order valence-corrected chi connectivity index (χ3v) is 3.53. The summed E-state index contributed by atoms with van der Waals surface area (Å²) in [6.07, 6.45) is 0. The van der Waals surface area contributed by atoms with E-state index in [1.807, 2.05) is 30.3 Å². The van der Waals surface area contributed by atoms with E-state index in [4.69, 9.17) is 13.9 Å². The van der Waals surface area contributed by atoms with Gasteiger partial charge in [-0.25, -0.2) is 0 Å². The second-order valence-corrected chi connectivity index (χ2v) is 5.15. The summed E-state index contributed by atoms with van der Waals surface area (Å²) >= 11 is 0. The van der Waals surface area contributed by atoms with Gasteiger partial charge >= 0.3 is 11.8 Å². The minimum absolute atomic E-state index is 0.0846. The van der Waals surface area contributed by atoms with Crippen LogP contribution in [0.5, 0.6) is 11.5 Å². The van der Waals surface area contributed by atoms with Gasteiger partial charge in [0, 0.05) is 12.1 Å². The molecule has 7 nitrogen and oxygen atoms in total. The fraction of sp³-hybridized carbons (Fsp3) is 0.118. The van der Waals surface area contributed by atoms with Crippen molar-refractivity contribution in [2.24, 2.45) is 0 Å². The zero-order valence-corrected chi connectivity index (χ0v) is 12.6. The van der Waals surface area contributed by atoms with E-state index >= 15 is 0 Å². The molecule has 3 aromatic rings. The van der Waals surface area contributed by atoms with Gasteiger partial charge in [-0.05, 0) is 23.8 Å². The molecular weight excluding hydrogens is 310 g/mol. The molecule has 0 saturated heterocycles. The summed E-state index contributed by atoms with van der Waals surface area (Å²) in [7, 11) is 0. The van der Waals surface area contributed by atoms with E-state index < -0.39 is 5.91 Å². The van der Waals surface area contributed by atoms with E-state index in [1.54, 1.807) is 18.2 Å². The Labute approximate surface area is 137 Å². The lowest BCUT2D eigenvalue weighted by atomic mass is 10.2. The average molecular weight is 323 g/mol. The van der Waals surface area contributed by atoms with E-state index in [1.165, 1.54) is 0 Å². The Hall–Kier alpha value is -3.35. The molecule has 0 spiro atoms. The molecule has 1 aliphatic heterocycles. The molecule has 0 aliphatic carbocycles. The SMILES string of the molecule is O=C(NCc1ccccc1)c1nnc(-c2ccc3c(c2)OCO3)o1. The zero-order valence-electron chi connectivity index (χ0n) is 12.6. The third kappa shape index (κ3) is 2.79. The van der Waals surface area contributed by atoms with E-state index in [2.05, 4.69) is 15.5 Å². The maximum atomic E-state index is 12.1. The van der Waals surface area contributed by atoms with Crippen molar-refractivity contribution >= 4 is 5.91 Å². The first-order valence-electron chi connectivity index (χ1n) is 7.35. The Morgan fingerprint density at radius 1 is 1.04 bits per heavy atom. The predicted octanol–water partition coefficient (Wildman–Crippen LogP) is 2.40. The van der Waals surface area contributed by atoms with Crippen molar-refractivity contribution in [3.63, 3.8) is 0 Å². The number of aromatic nitrogens is 2. The lowest BCUT2D eigenvalue weighted by molar-refractivity contribution is 0.0917. The van der Waals surface area contributed by atoms with E-state index in [0.29, 0.717) is 23.6 Å². The first-order chi connectivity index (χ1) is 11.8. The van der Waals surface area contributed by atoms with Crippen molar-refractivity contribution < 1.29 is 18.7 Å². The van der Waals surface area contributed by atoms with Crippen LogP contribution in [0, 0.1) is 0 Å². The first-order valence-corrected chi connectivity index (χ1v) is 7.35. The van der Waals surface area contributed by atoms with E-state index in [9.17, 15) is 4.79 Å². The fourth-order valence-corrected chi connectivity index (χ4v) is 2.32. The van der Waals surface area contributed by atoms with Gasteiger partial charge in [0.1, 0.15) is 0 Å². The molecule has 0 fully saturated rings. The molecular formula is C17H13N3O4. The lowest BCUT2D eigenvalue weighted by Crippen LogP contribution is -2.23. The molecule has 2 heterocycles. The molecule has 2 aromatic carbocycles. The number of ether oxygens (including phenoxy) is 2. The van der Waals surface area contributed by atoms with Gasteiger partial charge in [0.15, 0.2) is 11.5 Å². The van der Waals surface area contributed by atoms with Crippen LogP contribution < -0.4 is 14.8 Å². The molecule has 1 aromatic heterocycles. The molecule has 0 bridgehead atoms. The topological polar surface area (TPSA) is 86.5 Å². The molecule has 7 heteroatoms. The molecule has 1 N–H and O–H groups in total. The van der Waals surface area contributed by atoms with E-state index in [-0.39, 0.29) is 18.6 Å². The van der Waals surface area contributed by atoms with Crippen LogP contribution in [-0.4, -0.2) is 22.9 Å². The van der Waals surface area contributed by atoms with Crippen LogP contribution in [-0.2, 0) is 6.54 Å². The monoisotopic (exact) mass is 323 g/mol. The number of fused-ring (bicyclic) bond motifs is 1. The van der Waals surface area contributed by atoms with Gasteiger partial charge < -0.3 is 19.2 Å². The molecule has 0 unspecified atom stereocenters. The van der Waals surface area contributed by atoms with Crippen LogP contribution in [0.3, 0.4) is 0 Å². The maximum Gasteiger partial charge on any atom is 0.309 e. The van der Waals surface area contributed by atoms with Crippen molar-refractivity contribution in [2.75, 3.05) is 6.79 Å². The largest absolute Gasteiger partial charge is 0.454 e. The molecule has 1 aliphatic rings. The highest BCUT2D eigenvalue weighted by Crippen LogP contribution is 2.35. The zero-order chi connectivity index (χ0) is 16.4. The Balaban J connectivity index is 1.47. The first kappa shape index (κ1) is 14.3. The smallest absolute Gasteiger partial charge is 0.309 e. The summed E-state index contributed by atoms with van der Waals surface area (Å²) < 4.78 is 16.0. The number of hydrogen-bond acceptors (Lipinski definition) is 6. The summed E-state index contributed by atoms with van der Waals surface area (Å²) in [5.41, 5.74) is 1.65. The van der Waals surface area contributed by atoms with Gasteiger partial charge in [0.2, 0.25) is 12.7 Å². The maximum absolute atomic E-state index is 12.1. The van der Waals surface area contributed by atoms with Gasteiger partial charge in [-0.2, -0.15) is 0 Å². The van der Waals surface area contributed by atoms with E-state index in [0.717, 1.165) is 5.56 Å². The molecule has 24 heavy (non-hydrogen) atoms. The van der Waals surface area contributed by atoms with Gasteiger partial charge in [-0.15, -0.1) is 10.2 Å². The lowest BCUT2D eigenvalue weighted by Gasteiger charge is -2.01. The Morgan fingerprint density at radius 2 is 1.88 bits per heavy atom. The van der Waals surface area contributed by atoms with Crippen LogP contribution in [0.4, 0.5) is 0 Å². The summed E-state index contributed by atoms with van der Waals surface area (Å²) in [5, 5.41) is 10.5. The van der Waals surface area contributed by atoms with Gasteiger partial charge in [-0.1, -0.05) is 30.3 Å². The fourth-order valence-electron chi connectivity index (χ4n) is 2.32. The van der Waals surface area contributed by atoms with Crippen LogP contribution in [0.15, 0.2) is 52.9 Å². The highest BCUT2D eigenvalue weighted by atomic mass is 16.7. The van der Waals surface area contributed by atoms with Gasteiger partial charge in [0.25, 0.3) is 0 Å². The number of benzene rings is 2. The second kappa shape index (κ2) is 6.04. The predicted molar refractivity (Wildman–Crippen MR) is 83.5 cm³/mol. The number of hydrogen-bond donors (Lipinski definition) is 1. The van der Waals surface area contributed by atoms with Crippen molar-refractivity contribution in [3.8, 4) is 23.0 Å². The number of nitrogens with one attached hydrogen (secondary N) is 1. The normalized spacial score (nSPS) is 12.2. The molecule has 4 rings (SSSR count). The second-order valence-electron chi connectivity index (χ2n) is 5.15. The molecule has 0 radical (unpaired) electrons. The van der Waals surface area contributed by atoms with Crippen LogP contribution in [0.25, 0.3) is 11.5 Å². The Morgan fingerprint density at radius 3 is 2.75 bits per heavy atom. The molecule has 120 valence electrons. The quantitative estimate of drug-likeness (QED) is 0.793. The number of nitrogens with zero attached hydrogens (tertiary/aromatic N) is 2. The highest BCUT2D eigenvalue weighted by molar-refractivity contribution is 5.89. The van der Waals surface area contributed by atoms with Crippen LogP contribution >= 0.6 is 0 Å². The van der Waals surface area contributed by atoms with Crippen molar-refractivity contribution in [3.05, 3.63) is 60.0 Å². The minimum atomic E-state index is -0.418. The average Bonchev–Trinajstić information content (AvgIpc) is 3.29. The van der Waals surface area contributed by atoms with Gasteiger partial charge in [-0.3, -0.25) is 4.79 Å². The summed E-state index contributed by atoms with van der Waals surface area (Å²) in [5.74, 6) is 1.02. The number of carbonyl (C=O) groups excluding carboxylic acids is 1. The third-order valence-electron chi connectivity index (χ3n) is 3.53. The number of amides is 1. The summed E-state index contributed by atoms with van der Waals surface area (Å²) in [6, 6.07) is 14.8. The van der Waals surface area contributed by atoms with Crippen LogP contribution in [0.2, 0.25) is 0 Å². The molecule has 0 saturated carbocycles. The Kier molecular flexibility index (Phi) is 3.59. The summed E-state index contributed by atoms with van der Waals surface area (Å²) in [4.78, 5) is 12.1. The van der Waals surface area contributed by atoms with Crippen molar-refractivity contribution in [1.29, 1.82) is 0 Å². The van der Waals surface area contributed by atoms with Crippen LogP contribution in [0.1, 0.15) is 16.2 Å².